The van der Waals surface area contributed by atoms with Crippen molar-refractivity contribution in [3.63, 3.8) is 0 Å². The van der Waals surface area contributed by atoms with Gasteiger partial charge in [-0.15, -0.1) is 12.4 Å². The molecule has 1 heterocycles. The topological polar surface area (TPSA) is 98.7 Å². The van der Waals surface area contributed by atoms with E-state index in [4.69, 9.17) is 0 Å². The summed E-state index contributed by atoms with van der Waals surface area (Å²) in [7, 11) is -1.91. The van der Waals surface area contributed by atoms with Gasteiger partial charge in [-0.1, -0.05) is 30.3 Å². The first-order valence-corrected chi connectivity index (χ1v) is 10.9. The van der Waals surface area contributed by atoms with Gasteiger partial charge in [0, 0.05) is 19.2 Å². The van der Waals surface area contributed by atoms with Crippen LogP contribution in [0.4, 0.5) is 5.69 Å². The van der Waals surface area contributed by atoms with Gasteiger partial charge in [-0.25, -0.2) is 8.42 Å². The van der Waals surface area contributed by atoms with Gasteiger partial charge in [0.25, 0.3) is 5.91 Å². The highest BCUT2D eigenvalue weighted by Crippen LogP contribution is 2.31. The monoisotopic (exact) mass is 439 g/mol. The second-order valence-corrected chi connectivity index (χ2v) is 9.05. The molecule has 0 bridgehead atoms. The predicted octanol–water partition coefficient (Wildman–Crippen LogP) is 1.48. The number of nitrogens with zero attached hydrogens (tertiary/aromatic N) is 1. The number of hydrogen-bond acceptors (Lipinski definition) is 5. The molecular weight excluding hydrogens is 414 g/mol. The summed E-state index contributed by atoms with van der Waals surface area (Å²) in [5.41, 5.74) is 0.836. The van der Waals surface area contributed by atoms with Crippen molar-refractivity contribution in [3.8, 4) is 0 Å². The Balaban J connectivity index is 0.00000300. The molecule has 1 fully saturated rings. The molecule has 0 spiro atoms. The zero-order valence-corrected chi connectivity index (χ0v) is 18.0. The lowest BCUT2D eigenvalue weighted by Crippen LogP contribution is -2.61. The van der Waals surface area contributed by atoms with Crippen molar-refractivity contribution < 1.29 is 18.3 Å². The van der Waals surface area contributed by atoms with Gasteiger partial charge in [0.2, 0.25) is 10.0 Å². The molecule has 2 aromatic carbocycles. The molecule has 7 nitrogen and oxygen atoms in total. The Hall–Kier alpha value is -2.13. The van der Waals surface area contributed by atoms with Gasteiger partial charge in [0.05, 0.1) is 23.6 Å². The maximum Gasteiger partial charge on any atom is 0.252 e. The summed E-state index contributed by atoms with van der Waals surface area (Å²) in [6, 6.07) is 15.8. The predicted molar refractivity (Wildman–Crippen MR) is 116 cm³/mol. The Morgan fingerprint density at radius 2 is 1.79 bits per heavy atom. The van der Waals surface area contributed by atoms with Crippen LogP contribution >= 0.6 is 12.4 Å². The molecule has 158 valence electrons. The molecule has 1 aliphatic rings. The van der Waals surface area contributed by atoms with Crippen LogP contribution in [0.1, 0.15) is 22.3 Å². The van der Waals surface area contributed by atoms with Crippen molar-refractivity contribution in [2.75, 3.05) is 30.7 Å². The number of anilines is 1. The van der Waals surface area contributed by atoms with Crippen molar-refractivity contribution in [2.24, 2.45) is 0 Å². The number of sulfonamides is 1. The molecule has 0 aromatic heterocycles. The molecule has 2 aromatic rings. The molecule has 0 aliphatic carbocycles. The van der Waals surface area contributed by atoms with Crippen molar-refractivity contribution in [1.82, 2.24) is 10.6 Å². The first kappa shape index (κ1) is 23.2. The zero-order valence-electron chi connectivity index (χ0n) is 16.3. The summed E-state index contributed by atoms with van der Waals surface area (Å²) < 4.78 is 24.5. The number of amides is 1. The second kappa shape index (κ2) is 9.13. The van der Waals surface area contributed by atoms with Crippen LogP contribution in [-0.2, 0) is 15.6 Å². The standard InChI is InChI=1S/C20H25N3O4S.ClH/c1-23(28(2,26)27)17-10-8-15(9-11-17)19(25)22-20(12-13-21-14-18(20)24)16-6-4-3-5-7-16;/h3-11,18,21,24H,12-14H2,1-2H3,(H,22,25);1H/t18-,20+;/m1./s1. The van der Waals surface area contributed by atoms with Crippen LogP contribution in [0.2, 0.25) is 0 Å². The summed E-state index contributed by atoms with van der Waals surface area (Å²) >= 11 is 0. The molecule has 29 heavy (non-hydrogen) atoms. The summed E-state index contributed by atoms with van der Waals surface area (Å²) in [5, 5.41) is 16.9. The van der Waals surface area contributed by atoms with E-state index in [1.54, 1.807) is 24.3 Å². The van der Waals surface area contributed by atoms with E-state index >= 15 is 0 Å². The Labute approximate surface area is 177 Å². The number of carbonyl (C=O) groups is 1. The number of rotatable bonds is 5. The number of benzene rings is 2. The number of β-amino-alcohol motifs (C(OH)–C–C–N with tert-alkyl or cyclic N) is 1. The fraction of sp³-hybridized carbons (Fsp3) is 0.350. The fourth-order valence-corrected chi connectivity index (χ4v) is 3.95. The van der Waals surface area contributed by atoms with E-state index < -0.39 is 21.7 Å². The maximum atomic E-state index is 12.9. The first-order chi connectivity index (χ1) is 13.2. The number of aliphatic hydroxyl groups is 1. The number of halogens is 1. The molecule has 1 saturated heterocycles. The molecule has 1 aliphatic heterocycles. The third-order valence-corrected chi connectivity index (χ3v) is 6.42. The highest BCUT2D eigenvalue weighted by Gasteiger charge is 2.42. The van der Waals surface area contributed by atoms with Crippen LogP contribution in [0.5, 0.6) is 0 Å². The van der Waals surface area contributed by atoms with E-state index in [0.717, 1.165) is 16.1 Å². The van der Waals surface area contributed by atoms with E-state index in [9.17, 15) is 18.3 Å². The van der Waals surface area contributed by atoms with Crippen molar-refractivity contribution in [2.45, 2.75) is 18.1 Å². The molecule has 0 saturated carbocycles. The lowest BCUT2D eigenvalue weighted by molar-refractivity contribution is 0.0290. The van der Waals surface area contributed by atoms with Crippen LogP contribution < -0.4 is 14.9 Å². The van der Waals surface area contributed by atoms with Crippen LogP contribution in [0.15, 0.2) is 54.6 Å². The van der Waals surface area contributed by atoms with Gasteiger partial charge in [0.1, 0.15) is 0 Å². The number of aliphatic hydroxyl groups excluding tert-OH is 1. The lowest BCUT2D eigenvalue weighted by Gasteiger charge is -2.43. The number of hydrogen-bond donors (Lipinski definition) is 3. The molecule has 0 radical (unpaired) electrons. The number of carbonyl (C=O) groups excluding carboxylic acids is 1. The smallest absolute Gasteiger partial charge is 0.252 e. The molecular formula is C20H26ClN3O4S. The second-order valence-electron chi connectivity index (χ2n) is 7.04. The van der Waals surface area contributed by atoms with Gasteiger partial charge in [0.15, 0.2) is 0 Å². The van der Waals surface area contributed by atoms with Crippen LogP contribution in [0.3, 0.4) is 0 Å². The molecule has 1 amide bonds. The fourth-order valence-electron chi connectivity index (χ4n) is 3.44. The van der Waals surface area contributed by atoms with Gasteiger partial charge in [-0.05, 0) is 42.8 Å². The van der Waals surface area contributed by atoms with Gasteiger partial charge < -0.3 is 15.7 Å². The van der Waals surface area contributed by atoms with Gasteiger partial charge >= 0.3 is 0 Å². The molecule has 2 atom stereocenters. The Bertz CT molecular complexity index is 938. The Morgan fingerprint density at radius 3 is 2.34 bits per heavy atom. The van der Waals surface area contributed by atoms with Crippen LogP contribution in [0.25, 0.3) is 0 Å². The number of nitrogens with one attached hydrogen (secondary N) is 2. The summed E-state index contributed by atoms with van der Waals surface area (Å²) in [5.74, 6) is -0.321. The summed E-state index contributed by atoms with van der Waals surface area (Å²) in [6.07, 6.45) is 0.900. The van der Waals surface area contributed by atoms with Crippen LogP contribution in [-0.4, -0.2) is 51.9 Å². The highest BCUT2D eigenvalue weighted by molar-refractivity contribution is 7.92. The van der Waals surface area contributed by atoms with Gasteiger partial charge in [-0.2, -0.15) is 0 Å². The van der Waals surface area contributed by atoms with Crippen molar-refractivity contribution in [3.05, 3.63) is 65.7 Å². The molecule has 3 N–H and O–H groups in total. The highest BCUT2D eigenvalue weighted by atomic mass is 35.5. The van der Waals surface area contributed by atoms with Crippen molar-refractivity contribution >= 4 is 34.0 Å². The third-order valence-electron chi connectivity index (χ3n) is 5.22. The van der Waals surface area contributed by atoms with Crippen molar-refractivity contribution in [1.29, 1.82) is 0 Å². The van der Waals surface area contributed by atoms with Gasteiger partial charge in [-0.3, -0.25) is 9.10 Å². The maximum absolute atomic E-state index is 12.9. The van der Waals surface area contributed by atoms with E-state index in [1.807, 2.05) is 30.3 Å². The number of piperidine rings is 1. The minimum atomic E-state index is -3.37. The average molecular weight is 440 g/mol. The minimum Gasteiger partial charge on any atom is -0.389 e. The molecule has 3 rings (SSSR count). The minimum absolute atomic E-state index is 0. The molecule has 0 unspecified atom stereocenters. The normalized spacial score (nSPS) is 21.7. The van der Waals surface area contributed by atoms with E-state index in [-0.39, 0.29) is 18.3 Å². The largest absolute Gasteiger partial charge is 0.389 e. The molecule has 9 heteroatoms. The SMILES string of the molecule is CN(c1ccc(C(=O)N[C@]2(c3ccccc3)CCNC[C@H]2O)cc1)S(C)(=O)=O.Cl. The zero-order chi connectivity index (χ0) is 20.4. The quantitative estimate of drug-likeness (QED) is 0.655. The average Bonchev–Trinajstić information content (AvgIpc) is 2.69. The third kappa shape index (κ3) is 4.90. The van der Waals surface area contributed by atoms with E-state index in [0.29, 0.717) is 30.8 Å². The Morgan fingerprint density at radius 1 is 1.17 bits per heavy atom. The Kier molecular flexibility index (Phi) is 7.29. The van der Waals surface area contributed by atoms with Crippen LogP contribution in [0, 0.1) is 0 Å². The van der Waals surface area contributed by atoms with E-state index in [1.165, 1.54) is 7.05 Å². The first-order valence-electron chi connectivity index (χ1n) is 9.05. The summed E-state index contributed by atoms with van der Waals surface area (Å²) in [6.45, 7) is 1.05. The van der Waals surface area contributed by atoms with E-state index in [2.05, 4.69) is 10.6 Å². The summed E-state index contributed by atoms with van der Waals surface area (Å²) in [4.78, 5) is 12.9. The lowest BCUT2D eigenvalue weighted by atomic mass is 9.79.